The molecule has 0 bridgehead atoms. The molecular formula is C15H10N2. The normalized spacial score (nSPS) is 11.5. The Morgan fingerprint density at radius 1 is 0.765 bits per heavy atom. The predicted molar refractivity (Wildman–Crippen MR) is 71.1 cm³/mol. The quantitative estimate of drug-likeness (QED) is 0.446. The summed E-state index contributed by atoms with van der Waals surface area (Å²) in [6.07, 6.45) is 5.81. The minimum absolute atomic E-state index is 1.19. The fourth-order valence-corrected chi connectivity index (χ4v) is 2.49. The van der Waals surface area contributed by atoms with E-state index in [0.717, 1.165) is 0 Å². The Bertz CT molecular complexity index is 843. The highest BCUT2D eigenvalue weighted by molar-refractivity contribution is 6.15. The van der Waals surface area contributed by atoms with Gasteiger partial charge in [-0.05, 0) is 16.8 Å². The summed E-state index contributed by atoms with van der Waals surface area (Å²) < 4.78 is 0. The van der Waals surface area contributed by atoms with E-state index in [1.165, 1.54) is 32.4 Å². The number of pyridine rings is 1. The second kappa shape index (κ2) is 3.08. The highest BCUT2D eigenvalue weighted by Crippen LogP contribution is 2.29. The van der Waals surface area contributed by atoms with Gasteiger partial charge in [-0.1, -0.05) is 30.3 Å². The van der Waals surface area contributed by atoms with Crippen molar-refractivity contribution in [2.24, 2.45) is 0 Å². The number of rotatable bonds is 0. The minimum Gasteiger partial charge on any atom is -0.361 e. The number of aromatic nitrogens is 2. The Labute approximate surface area is 97.9 Å². The van der Waals surface area contributed by atoms with E-state index in [2.05, 4.69) is 40.3 Å². The van der Waals surface area contributed by atoms with Crippen LogP contribution in [-0.4, -0.2) is 9.97 Å². The van der Waals surface area contributed by atoms with Crippen molar-refractivity contribution in [3.8, 4) is 0 Å². The lowest BCUT2D eigenvalue weighted by Crippen LogP contribution is -1.81. The molecule has 2 heteroatoms. The number of aromatic amines is 1. The summed E-state index contributed by atoms with van der Waals surface area (Å²) in [6, 6.07) is 12.8. The van der Waals surface area contributed by atoms with Gasteiger partial charge in [0.05, 0.1) is 5.52 Å². The number of fused-ring (bicyclic) bond motifs is 5. The molecule has 0 radical (unpaired) electrons. The van der Waals surface area contributed by atoms with Gasteiger partial charge in [0, 0.05) is 34.7 Å². The highest BCUT2D eigenvalue weighted by atomic mass is 14.7. The second-order valence-electron chi connectivity index (χ2n) is 4.27. The molecule has 4 rings (SSSR count). The molecule has 4 aromatic rings. The molecular weight excluding hydrogens is 208 g/mol. The van der Waals surface area contributed by atoms with Crippen molar-refractivity contribution in [1.29, 1.82) is 0 Å². The molecule has 0 saturated carbocycles. The fraction of sp³-hybridized carbons (Fsp3) is 0. The van der Waals surface area contributed by atoms with Crippen LogP contribution >= 0.6 is 0 Å². The SMILES string of the molecule is c1c[nH]c2c(c1)ccc1c3cncc3ccc12. The van der Waals surface area contributed by atoms with Gasteiger partial charge in [0.25, 0.3) is 0 Å². The summed E-state index contributed by atoms with van der Waals surface area (Å²) in [5.41, 5.74) is 1.19. The predicted octanol–water partition coefficient (Wildman–Crippen LogP) is 3.87. The molecule has 1 N–H and O–H groups in total. The van der Waals surface area contributed by atoms with E-state index in [1.807, 2.05) is 24.7 Å². The first kappa shape index (κ1) is 8.76. The van der Waals surface area contributed by atoms with Gasteiger partial charge in [0.2, 0.25) is 0 Å². The highest BCUT2D eigenvalue weighted by Gasteiger charge is 2.04. The fourth-order valence-electron chi connectivity index (χ4n) is 2.49. The zero-order valence-electron chi connectivity index (χ0n) is 9.14. The molecule has 0 spiro atoms. The molecule has 17 heavy (non-hydrogen) atoms. The van der Waals surface area contributed by atoms with Gasteiger partial charge in [0.1, 0.15) is 0 Å². The lowest BCUT2D eigenvalue weighted by atomic mass is 10.0. The molecule has 0 aliphatic rings. The van der Waals surface area contributed by atoms with E-state index < -0.39 is 0 Å². The molecule has 0 aliphatic carbocycles. The van der Waals surface area contributed by atoms with Crippen LogP contribution in [0.25, 0.3) is 32.4 Å². The molecule has 0 atom stereocenters. The molecule has 0 saturated heterocycles. The lowest BCUT2D eigenvalue weighted by Gasteiger charge is -2.04. The van der Waals surface area contributed by atoms with Crippen molar-refractivity contribution in [3.05, 3.63) is 55.0 Å². The Kier molecular flexibility index (Phi) is 1.59. The largest absolute Gasteiger partial charge is 0.361 e. The van der Waals surface area contributed by atoms with Crippen LogP contribution in [0.5, 0.6) is 0 Å². The summed E-state index contributed by atoms with van der Waals surface area (Å²) in [6.45, 7) is 0. The van der Waals surface area contributed by atoms with Crippen molar-refractivity contribution in [3.63, 3.8) is 0 Å². The zero-order chi connectivity index (χ0) is 11.2. The van der Waals surface area contributed by atoms with Crippen molar-refractivity contribution < 1.29 is 0 Å². The Balaban J connectivity index is 2.34. The Morgan fingerprint density at radius 2 is 1.65 bits per heavy atom. The van der Waals surface area contributed by atoms with E-state index in [0.29, 0.717) is 0 Å². The lowest BCUT2D eigenvalue weighted by molar-refractivity contribution is 1.43. The number of benzene rings is 2. The maximum atomic E-state index is 4.22. The van der Waals surface area contributed by atoms with E-state index >= 15 is 0 Å². The third kappa shape index (κ3) is 1.12. The van der Waals surface area contributed by atoms with E-state index in [-0.39, 0.29) is 0 Å². The first-order valence-corrected chi connectivity index (χ1v) is 5.66. The maximum absolute atomic E-state index is 4.22. The monoisotopic (exact) mass is 218 g/mol. The molecule has 2 heterocycles. The van der Waals surface area contributed by atoms with E-state index in [4.69, 9.17) is 0 Å². The van der Waals surface area contributed by atoms with Crippen LogP contribution in [0.1, 0.15) is 0 Å². The number of hydrogen-bond acceptors (Lipinski definition) is 1. The number of nitrogens with one attached hydrogen (secondary N) is 1. The van der Waals surface area contributed by atoms with Gasteiger partial charge >= 0.3 is 0 Å². The molecule has 80 valence electrons. The van der Waals surface area contributed by atoms with Crippen molar-refractivity contribution in [2.75, 3.05) is 0 Å². The molecule has 2 aromatic carbocycles. The van der Waals surface area contributed by atoms with Crippen LogP contribution in [0.4, 0.5) is 0 Å². The van der Waals surface area contributed by atoms with Crippen LogP contribution in [0.2, 0.25) is 0 Å². The summed E-state index contributed by atoms with van der Waals surface area (Å²) in [5, 5.41) is 6.17. The summed E-state index contributed by atoms with van der Waals surface area (Å²) in [4.78, 5) is 7.55. The van der Waals surface area contributed by atoms with Crippen molar-refractivity contribution in [2.45, 2.75) is 0 Å². The number of H-pyrrole nitrogens is 1. The summed E-state index contributed by atoms with van der Waals surface area (Å²) >= 11 is 0. The van der Waals surface area contributed by atoms with Gasteiger partial charge in [-0.2, -0.15) is 0 Å². The maximum Gasteiger partial charge on any atom is 0.0533 e. The van der Waals surface area contributed by atoms with Gasteiger partial charge in [0.15, 0.2) is 0 Å². The first-order valence-electron chi connectivity index (χ1n) is 5.66. The third-order valence-corrected chi connectivity index (χ3v) is 3.33. The topological polar surface area (TPSA) is 28.7 Å². The van der Waals surface area contributed by atoms with Gasteiger partial charge < -0.3 is 4.98 Å². The standard InChI is InChI=1S/C15H10N2/c1-2-10-3-5-12-13(15(10)17-7-1)6-4-11-8-16-9-14(11)12/h1-9,17H. The Hall–Kier alpha value is -2.35. The second-order valence-corrected chi connectivity index (χ2v) is 4.27. The van der Waals surface area contributed by atoms with Gasteiger partial charge in [-0.25, -0.2) is 0 Å². The van der Waals surface area contributed by atoms with Crippen LogP contribution in [0, 0.1) is 0 Å². The van der Waals surface area contributed by atoms with E-state index in [9.17, 15) is 0 Å². The molecule has 0 aliphatic heterocycles. The molecule has 2 aromatic heterocycles. The number of hydrogen-bond donors (Lipinski definition) is 1. The van der Waals surface area contributed by atoms with E-state index in [1.54, 1.807) is 0 Å². The van der Waals surface area contributed by atoms with Crippen LogP contribution in [0.3, 0.4) is 0 Å². The van der Waals surface area contributed by atoms with Crippen molar-refractivity contribution in [1.82, 2.24) is 9.97 Å². The number of nitrogens with zero attached hydrogens (tertiary/aromatic N) is 1. The summed E-state index contributed by atoms with van der Waals surface area (Å²) in [7, 11) is 0. The van der Waals surface area contributed by atoms with Crippen LogP contribution < -0.4 is 0 Å². The van der Waals surface area contributed by atoms with Crippen LogP contribution in [0.15, 0.2) is 55.0 Å². The minimum atomic E-state index is 1.19. The zero-order valence-corrected chi connectivity index (χ0v) is 9.14. The first-order chi connectivity index (χ1) is 8.43. The Morgan fingerprint density at radius 3 is 2.65 bits per heavy atom. The molecule has 0 amide bonds. The van der Waals surface area contributed by atoms with Crippen LogP contribution in [-0.2, 0) is 0 Å². The van der Waals surface area contributed by atoms with Crippen molar-refractivity contribution >= 4 is 32.4 Å². The third-order valence-electron chi connectivity index (χ3n) is 3.33. The van der Waals surface area contributed by atoms with Gasteiger partial charge in [-0.15, -0.1) is 0 Å². The molecule has 0 fully saturated rings. The molecule has 0 unspecified atom stereocenters. The van der Waals surface area contributed by atoms with Gasteiger partial charge in [-0.3, -0.25) is 4.98 Å². The smallest absolute Gasteiger partial charge is 0.0533 e. The summed E-state index contributed by atoms with van der Waals surface area (Å²) in [5.74, 6) is 0. The molecule has 2 nitrogen and oxygen atoms in total. The average molecular weight is 218 g/mol. The average Bonchev–Trinajstić information content (AvgIpc) is 2.86.